The maximum atomic E-state index is 14.3. The molecular weight excluding hydrogens is 373 g/mol. The van der Waals surface area contributed by atoms with Crippen LogP contribution in [-0.2, 0) is 0 Å². The number of nitrogens with zero attached hydrogens (tertiary/aromatic N) is 5. The molecule has 4 rings (SSSR count). The second-order valence-corrected chi connectivity index (χ2v) is 6.92. The van der Waals surface area contributed by atoms with Gasteiger partial charge in [0.25, 0.3) is 5.91 Å². The van der Waals surface area contributed by atoms with Gasteiger partial charge in [-0.2, -0.15) is 15.0 Å². The van der Waals surface area contributed by atoms with Crippen LogP contribution in [0.15, 0.2) is 36.5 Å². The van der Waals surface area contributed by atoms with E-state index in [9.17, 15) is 14.3 Å². The van der Waals surface area contributed by atoms with E-state index in [1.807, 2.05) is 0 Å². The molecule has 8 heteroatoms. The molecule has 3 aromatic rings. The maximum absolute atomic E-state index is 14.3. The Bertz CT molecular complexity index is 1130. The third-order valence-corrected chi connectivity index (χ3v) is 5.08. The molecule has 1 aliphatic heterocycles. The number of rotatable bonds is 3. The van der Waals surface area contributed by atoms with E-state index < -0.39 is 5.82 Å². The molecule has 0 aliphatic carbocycles. The minimum absolute atomic E-state index is 0.0465. The number of amides is 1. The zero-order valence-electron chi connectivity index (χ0n) is 15.8. The van der Waals surface area contributed by atoms with E-state index in [1.54, 1.807) is 36.1 Å². The number of likely N-dealkylation sites (tertiary alicyclic amines) is 1. The molecule has 0 radical (unpaired) electrons. The molecule has 0 atom stereocenters. The quantitative estimate of drug-likeness (QED) is 0.740. The fourth-order valence-electron chi connectivity index (χ4n) is 3.46. The molecule has 0 bridgehead atoms. The van der Waals surface area contributed by atoms with Gasteiger partial charge in [0.05, 0.1) is 16.8 Å². The second kappa shape index (κ2) is 7.36. The average molecular weight is 391 g/mol. The fraction of sp³-hybridized carbons (Fsp3) is 0.238. The summed E-state index contributed by atoms with van der Waals surface area (Å²) < 4.78 is 15.5. The van der Waals surface area contributed by atoms with Crippen molar-refractivity contribution in [2.45, 2.75) is 19.8 Å². The van der Waals surface area contributed by atoms with Gasteiger partial charge in [-0.05, 0) is 43.5 Å². The lowest BCUT2D eigenvalue weighted by Gasteiger charge is -2.14. The molecule has 0 saturated carbocycles. The number of carbonyl (C=O) groups excluding carboxylic acids is 1. The molecule has 2 aromatic heterocycles. The van der Waals surface area contributed by atoms with E-state index in [0.717, 1.165) is 25.9 Å². The van der Waals surface area contributed by atoms with Crippen LogP contribution >= 0.6 is 0 Å². The molecule has 29 heavy (non-hydrogen) atoms. The lowest BCUT2D eigenvalue weighted by Crippen LogP contribution is -2.27. The average Bonchev–Trinajstić information content (AvgIpc) is 3.40. The van der Waals surface area contributed by atoms with Crippen LogP contribution in [0.5, 0.6) is 5.88 Å². The van der Waals surface area contributed by atoms with Gasteiger partial charge in [-0.3, -0.25) is 4.79 Å². The Morgan fingerprint density at radius 1 is 1.24 bits per heavy atom. The number of halogens is 1. The predicted octanol–water partition coefficient (Wildman–Crippen LogP) is 3.20. The SMILES string of the molecule is Cc1c(-c2cc(O)n(-c3ccc(C(=O)N4CCCC4)cn3)n2)ccc(C#N)c1F. The van der Waals surface area contributed by atoms with E-state index in [0.29, 0.717) is 22.6 Å². The Kier molecular flexibility index (Phi) is 4.72. The molecule has 0 unspecified atom stereocenters. The van der Waals surface area contributed by atoms with Crippen LogP contribution in [0, 0.1) is 24.1 Å². The normalized spacial score (nSPS) is 13.5. The highest BCUT2D eigenvalue weighted by Crippen LogP contribution is 2.29. The van der Waals surface area contributed by atoms with Gasteiger partial charge in [-0.15, -0.1) is 0 Å². The van der Waals surface area contributed by atoms with Crippen molar-refractivity contribution in [1.29, 1.82) is 5.26 Å². The Hall–Kier alpha value is -3.73. The summed E-state index contributed by atoms with van der Waals surface area (Å²) in [7, 11) is 0. The van der Waals surface area contributed by atoms with E-state index >= 15 is 0 Å². The van der Waals surface area contributed by atoms with Gasteiger partial charge < -0.3 is 10.0 Å². The largest absolute Gasteiger partial charge is 0.493 e. The highest BCUT2D eigenvalue weighted by Gasteiger charge is 2.20. The third kappa shape index (κ3) is 3.31. The topological polar surface area (TPSA) is 95.0 Å². The lowest BCUT2D eigenvalue weighted by atomic mass is 10.0. The Morgan fingerprint density at radius 3 is 2.66 bits per heavy atom. The summed E-state index contributed by atoms with van der Waals surface area (Å²) in [5.74, 6) is -0.508. The van der Waals surface area contributed by atoms with Crippen LogP contribution in [0.4, 0.5) is 4.39 Å². The fourth-order valence-corrected chi connectivity index (χ4v) is 3.46. The summed E-state index contributed by atoms with van der Waals surface area (Å²) in [5.41, 5.74) is 1.52. The van der Waals surface area contributed by atoms with Gasteiger partial charge in [0.2, 0.25) is 5.88 Å². The first-order valence-electron chi connectivity index (χ1n) is 9.24. The number of benzene rings is 1. The first kappa shape index (κ1) is 18.6. The van der Waals surface area contributed by atoms with Gasteiger partial charge in [-0.25, -0.2) is 9.37 Å². The molecule has 1 saturated heterocycles. The van der Waals surface area contributed by atoms with Crippen molar-refractivity contribution in [3.05, 3.63) is 59.0 Å². The van der Waals surface area contributed by atoms with Crippen molar-refractivity contribution < 1.29 is 14.3 Å². The lowest BCUT2D eigenvalue weighted by molar-refractivity contribution is 0.0792. The number of hydrogen-bond acceptors (Lipinski definition) is 5. The second-order valence-electron chi connectivity index (χ2n) is 6.92. The minimum atomic E-state index is -0.609. The standard InChI is InChI=1S/C21H18FN5O2/c1-13-16(6-4-14(11-23)20(13)22)17-10-19(28)27(25-17)18-7-5-15(12-24-18)21(29)26-8-2-3-9-26/h4-7,10,12,28H,2-3,8-9H2,1H3. The smallest absolute Gasteiger partial charge is 0.255 e. The molecule has 146 valence electrons. The maximum Gasteiger partial charge on any atom is 0.255 e. The molecule has 1 aromatic carbocycles. The number of nitriles is 1. The van der Waals surface area contributed by atoms with Gasteiger partial charge in [-0.1, -0.05) is 6.07 Å². The van der Waals surface area contributed by atoms with Gasteiger partial charge in [0.15, 0.2) is 5.82 Å². The van der Waals surface area contributed by atoms with Gasteiger partial charge >= 0.3 is 0 Å². The highest BCUT2D eigenvalue weighted by molar-refractivity contribution is 5.94. The third-order valence-electron chi connectivity index (χ3n) is 5.08. The zero-order valence-corrected chi connectivity index (χ0v) is 15.8. The van der Waals surface area contributed by atoms with E-state index in [2.05, 4.69) is 10.1 Å². The van der Waals surface area contributed by atoms with Crippen LogP contribution in [0.2, 0.25) is 0 Å². The monoisotopic (exact) mass is 391 g/mol. The molecule has 7 nitrogen and oxygen atoms in total. The molecule has 1 aliphatic rings. The summed E-state index contributed by atoms with van der Waals surface area (Å²) in [6.45, 7) is 3.06. The van der Waals surface area contributed by atoms with Crippen LogP contribution < -0.4 is 0 Å². The van der Waals surface area contributed by atoms with Gasteiger partial charge in [0.1, 0.15) is 11.9 Å². The van der Waals surface area contributed by atoms with Crippen molar-refractivity contribution in [1.82, 2.24) is 19.7 Å². The van der Waals surface area contributed by atoms with Crippen molar-refractivity contribution in [2.24, 2.45) is 0 Å². The molecule has 1 amide bonds. The van der Waals surface area contributed by atoms with Gasteiger partial charge in [0, 0.05) is 30.9 Å². The van der Waals surface area contributed by atoms with Crippen LogP contribution in [0.3, 0.4) is 0 Å². The van der Waals surface area contributed by atoms with Crippen LogP contribution in [-0.4, -0.2) is 43.8 Å². The van der Waals surface area contributed by atoms with Crippen molar-refractivity contribution in [2.75, 3.05) is 13.1 Å². The van der Waals surface area contributed by atoms with E-state index in [-0.39, 0.29) is 22.9 Å². The number of carbonyl (C=O) groups is 1. The molecule has 1 fully saturated rings. The first-order chi connectivity index (χ1) is 14.0. The molecular formula is C21H18FN5O2. The molecule has 0 spiro atoms. The summed E-state index contributed by atoms with van der Waals surface area (Å²) in [6.07, 6.45) is 3.48. The van der Waals surface area contributed by atoms with E-state index in [1.165, 1.54) is 23.0 Å². The molecule has 1 N–H and O–H groups in total. The summed E-state index contributed by atoms with van der Waals surface area (Å²) in [5, 5.41) is 23.6. The van der Waals surface area contributed by atoms with Crippen molar-refractivity contribution in [3.63, 3.8) is 0 Å². The summed E-state index contributed by atoms with van der Waals surface area (Å²) >= 11 is 0. The Balaban J connectivity index is 1.64. The Morgan fingerprint density at radius 2 is 2.00 bits per heavy atom. The van der Waals surface area contributed by atoms with E-state index in [4.69, 9.17) is 5.26 Å². The predicted molar refractivity (Wildman–Crippen MR) is 103 cm³/mol. The minimum Gasteiger partial charge on any atom is -0.493 e. The Labute approximate surface area is 166 Å². The zero-order chi connectivity index (χ0) is 20.5. The summed E-state index contributed by atoms with van der Waals surface area (Å²) in [4.78, 5) is 18.5. The van der Waals surface area contributed by atoms with Crippen molar-refractivity contribution in [3.8, 4) is 29.0 Å². The first-order valence-corrected chi connectivity index (χ1v) is 9.24. The number of aromatic nitrogens is 3. The molecule has 3 heterocycles. The number of aromatic hydroxyl groups is 1. The number of hydrogen-bond donors (Lipinski definition) is 1. The van der Waals surface area contributed by atoms with Crippen molar-refractivity contribution >= 4 is 5.91 Å². The summed E-state index contributed by atoms with van der Waals surface area (Å²) in [6, 6.07) is 9.43. The van der Waals surface area contributed by atoms with Crippen LogP contribution in [0.25, 0.3) is 17.1 Å². The highest BCUT2D eigenvalue weighted by atomic mass is 19.1. The van der Waals surface area contributed by atoms with Crippen LogP contribution in [0.1, 0.15) is 34.3 Å². The number of pyridine rings is 1.